The average molecular weight is 212 g/mol. The summed E-state index contributed by atoms with van der Waals surface area (Å²) in [7, 11) is 0. The van der Waals surface area contributed by atoms with E-state index in [9.17, 15) is 5.11 Å². The van der Waals surface area contributed by atoms with Crippen molar-refractivity contribution in [3.8, 4) is 0 Å². The monoisotopic (exact) mass is 212 g/mol. The van der Waals surface area contributed by atoms with E-state index in [0.29, 0.717) is 5.92 Å². The van der Waals surface area contributed by atoms with E-state index in [1.165, 1.54) is 25.7 Å². The van der Waals surface area contributed by atoms with Crippen LogP contribution in [0.2, 0.25) is 0 Å². The maximum Gasteiger partial charge on any atom is 0.0675 e. The second-order valence-electron chi connectivity index (χ2n) is 5.56. The molecule has 1 rings (SSSR count). The third-order valence-electron chi connectivity index (χ3n) is 4.14. The fourth-order valence-corrected chi connectivity index (χ4v) is 3.20. The van der Waals surface area contributed by atoms with Crippen molar-refractivity contribution in [3.63, 3.8) is 0 Å². The molecule has 15 heavy (non-hydrogen) atoms. The molecule has 0 atom stereocenters. The lowest BCUT2D eigenvalue weighted by Gasteiger charge is -2.40. The predicted molar refractivity (Wildman–Crippen MR) is 65.9 cm³/mol. The number of hydrogen-bond acceptors (Lipinski definition) is 1. The van der Waals surface area contributed by atoms with Crippen LogP contribution < -0.4 is 0 Å². The van der Waals surface area contributed by atoms with Crippen molar-refractivity contribution in [2.24, 2.45) is 11.8 Å². The fraction of sp³-hybridized carbons (Fsp3) is 1.00. The Kier molecular flexibility index (Phi) is 5.11. The molecule has 0 bridgehead atoms. The van der Waals surface area contributed by atoms with Crippen LogP contribution in [-0.4, -0.2) is 10.7 Å². The zero-order chi connectivity index (χ0) is 11.3. The predicted octanol–water partition coefficient (Wildman–Crippen LogP) is 4.14. The van der Waals surface area contributed by atoms with Gasteiger partial charge in [-0.25, -0.2) is 0 Å². The fourth-order valence-electron chi connectivity index (χ4n) is 3.20. The standard InChI is InChI=1S/C14H28O/c1-4-10-14(15,11-5-2)13-8-6-12(3)7-9-13/h12-13,15H,4-11H2,1-3H3. The SMILES string of the molecule is CCCC(O)(CCC)C1CCC(C)CC1. The van der Waals surface area contributed by atoms with E-state index in [2.05, 4.69) is 20.8 Å². The van der Waals surface area contributed by atoms with Gasteiger partial charge >= 0.3 is 0 Å². The lowest BCUT2D eigenvalue weighted by Crippen LogP contribution is -2.39. The van der Waals surface area contributed by atoms with Crippen molar-refractivity contribution < 1.29 is 5.11 Å². The highest BCUT2D eigenvalue weighted by atomic mass is 16.3. The van der Waals surface area contributed by atoms with Gasteiger partial charge in [-0.3, -0.25) is 0 Å². The third-order valence-corrected chi connectivity index (χ3v) is 4.14. The van der Waals surface area contributed by atoms with Gasteiger partial charge in [0.2, 0.25) is 0 Å². The average Bonchev–Trinajstić information content (AvgIpc) is 2.19. The van der Waals surface area contributed by atoms with Crippen LogP contribution in [-0.2, 0) is 0 Å². The number of aliphatic hydroxyl groups is 1. The van der Waals surface area contributed by atoms with Gasteiger partial charge in [-0.15, -0.1) is 0 Å². The largest absolute Gasteiger partial charge is 0.390 e. The van der Waals surface area contributed by atoms with Crippen molar-refractivity contribution >= 4 is 0 Å². The molecule has 90 valence electrons. The zero-order valence-electron chi connectivity index (χ0n) is 10.8. The highest BCUT2D eigenvalue weighted by Crippen LogP contribution is 2.39. The maximum absolute atomic E-state index is 10.7. The second kappa shape index (κ2) is 5.89. The third kappa shape index (κ3) is 3.48. The summed E-state index contributed by atoms with van der Waals surface area (Å²) in [5.74, 6) is 1.46. The highest BCUT2D eigenvalue weighted by molar-refractivity contribution is 4.88. The van der Waals surface area contributed by atoms with E-state index >= 15 is 0 Å². The van der Waals surface area contributed by atoms with Crippen LogP contribution in [0.3, 0.4) is 0 Å². The normalized spacial score (nSPS) is 28.0. The lowest BCUT2D eigenvalue weighted by atomic mass is 9.70. The summed E-state index contributed by atoms with van der Waals surface area (Å²) in [5.41, 5.74) is -0.344. The van der Waals surface area contributed by atoms with Gasteiger partial charge in [0.05, 0.1) is 5.60 Å². The highest BCUT2D eigenvalue weighted by Gasteiger charge is 2.36. The van der Waals surface area contributed by atoms with Crippen LogP contribution in [0, 0.1) is 11.8 Å². The first-order valence-electron chi connectivity index (χ1n) is 6.84. The maximum atomic E-state index is 10.7. The van der Waals surface area contributed by atoms with Crippen LogP contribution in [0.25, 0.3) is 0 Å². The van der Waals surface area contributed by atoms with Gasteiger partial charge in [-0.2, -0.15) is 0 Å². The van der Waals surface area contributed by atoms with Crippen LogP contribution in [0.4, 0.5) is 0 Å². The molecule has 1 aliphatic carbocycles. The summed E-state index contributed by atoms with van der Waals surface area (Å²) in [6, 6.07) is 0. The molecule has 0 unspecified atom stereocenters. The summed E-state index contributed by atoms with van der Waals surface area (Å²) in [4.78, 5) is 0. The summed E-state index contributed by atoms with van der Waals surface area (Å²) in [6.45, 7) is 6.72. The number of hydrogen-bond donors (Lipinski definition) is 1. The molecule has 0 aliphatic heterocycles. The van der Waals surface area contributed by atoms with E-state index < -0.39 is 0 Å². The van der Waals surface area contributed by atoms with E-state index in [1.807, 2.05) is 0 Å². The molecule has 0 spiro atoms. The molecule has 0 amide bonds. The van der Waals surface area contributed by atoms with Gasteiger partial charge in [0.25, 0.3) is 0 Å². The summed E-state index contributed by atoms with van der Waals surface area (Å²) < 4.78 is 0. The number of rotatable bonds is 5. The van der Waals surface area contributed by atoms with Gasteiger partial charge < -0.3 is 5.11 Å². The molecule has 0 aromatic carbocycles. The first-order chi connectivity index (χ1) is 7.12. The van der Waals surface area contributed by atoms with Crippen LogP contribution in [0.15, 0.2) is 0 Å². The lowest BCUT2D eigenvalue weighted by molar-refractivity contribution is -0.0519. The molecule has 0 aromatic rings. The molecule has 1 nitrogen and oxygen atoms in total. The smallest absolute Gasteiger partial charge is 0.0675 e. The zero-order valence-corrected chi connectivity index (χ0v) is 10.8. The Balaban J connectivity index is 2.55. The second-order valence-corrected chi connectivity index (χ2v) is 5.56. The summed E-state index contributed by atoms with van der Waals surface area (Å²) >= 11 is 0. The molecule has 0 aromatic heterocycles. The summed E-state index contributed by atoms with van der Waals surface area (Å²) in [6.07, 6.45) is 9.36. The van der Waals surface area contributed by atoms with E-state index in [4.69, 9.17) is 0 Å². The van der Waals surface area contributed by atoms with Crippen molar-refractivity contribution in [1.82, 2.24) is 0 Å². The van der Waals surface area contributed by atoms with Crippen LogP contribution >= 0.6 is 0 Å². The van der Waals surface area contributed by atoms with Gasteiger partial charge in [0.15, 0.2) is 0 Å². The summed E-state index contributed by atoms with van der Waals surface area (Å²) in [5, 5.41) is 10.7. The Bertz CT molecular complexity index is 162. The topological polar surface area (TPSA) is 20.2 Å². The van der Waals surface area contributed by atoms with E-state index in [-0.39, 0.29) is 5.60 Å². The van der Waals surface area contributed by atoms with Crippen molar-refractivity contribution in [3.05, 3.63) is 0 Å². The minimum absolute atomic E-state index is 0.344. The Morgan fingerprint density at radius 2 is 1.47 bits per heavy atom. The Labute approximate surface area is 95.3 Å². The molecule has 0 heterocycles. The molecule has 0 radical (unpaired) electrons. The molecular formula is C14H28O. The first-order valence-corrected chi connectivity index (χ1v) is 6.84. The molecule has 0 saturated heterocycles. The Morgan fingerprint density at radius 1 is 1.00 bits per heavy atom. The molecule has 1 heteroatoms. The Hall–Kier alpha value is -0.0400. The van der Waals surface area contributed by atoms with Gasteiger partial charge in [0.1, 0.15) is 0 Å². The van der Waals surface area contributed by atoms with Gasteiger partial charge in [-0.05, 0) is 37.5 Å². The van der Waals surface area contributed by atoms with Gasteiger partial charge in [0, 0.05) is 0 Å². The molecule has 1 saturated carbocycles. The molecule has 1 fully saturated rings. The molecular weight excluding hydrogens is 184 g/mol. The van der Waals surface area contributed by atoms with Crippen LogP contribution in [0.5, 0.6) is 0 Å². The minimum Gasteiger partial charge on any atom is -0.390 e. The Morgan fingerprint density at radius 3 is 1.87 bits per heavy atom. The van der Waals surface area contributed by atoms with Crippen LogP contribution in [0.1, 0.15) is 72.1 Å². The quantitative estimate of drug-likeness (QED) is 0.726. The van der Waals surface area contributed by atoms with E-state index in [1.54, 1.807) is 0 Å². The molecule has 1 aliphatic rings. The molecule has 1 N–H and O–H groups in total. The minimum atomic E-state index is -0.344. The first kappa shape index (κ1) is 13.0. The van der Waals surface area contributed by atoms with Crippen molar-refractivity contribution in [2.45, 2.75) is 77.7 Å². The van der Waals surface area contributed by atoms with Gasteiger partial charge in [-0.1, -0.05) is 46.5 Å². The van der Waals surface area contributed by atoms with Crippen molar-refractivity contribution in [2.75, 3.05) is 0 Å². The van der Waals surface area contributed by atoms with E-state index in [0.717, 1.165) is 31.6 Å². The van der Waals surface area contributed by atoms with Crippen molar-refractivity contribution in [1.29, 1.82) is 0 Å².